The van der Waals surface area contributed by atoms with E-state index in [1.807, 2.05) is 18.2 Å². The Morgan fingerprint density at radius 3 is 2.44 bits per heavy atom. The summed E-state index contributed by atoms with van der Waals surface area (Å²) in [5.41, 5.74) is 4.39. The number of carbonyl (C=O) groups is 1. The zero-order valence-corrected chi connectivity index (χ0v) is 23.8. The Labute approximate surface area is 220 Å². The highest BCUT2D eigenvalue weighted by Gasteiger charge is 2.44. The van der Waals surface area contributed by atoms with Crippen molar-refractivity contribution in [2.75, 3.05) is 19.7 Å². The van der Waals surface area contributed by atoms with Gasteiger partial charge in [0.05, 0.1) is 23.7 Å². The lowest BCUT2D eigenvalue weighted by molar-refractivity contribution is -0.113. The van der Waals surface area contributed by atoms with Crippen molar-refractivity contribution in [3.63, 3.8) is 0 Å². The summed E-state index contributed by atoms with van der Waals surface area (Å²) in [4.78, 5) is 20.7. The average Bonchev–Trinajstić information content (AvgIpc) is 3.41. The molecule has 36 heavy (non-hydrogen) atoms. The number of amides is 1. The molecule has 3 heterocycles. The van der Waals surface area contributed by atoms with Crippen LogP contribution in [0.3, 0.4) is 0 Å². The number of hydrogen-bond donors (Lipinski definition) is 0. The molecule has 1 spiro atoms. The predicted molar refractivity (Wildman–Crippen MR) is 150 cm³/mol. The summed E-state index contributed by atoms with van der Waals surface area (Å²) in [6, 6.07) is 18.7. The van der Waals surface area contributed by atoms with Crippen LogP contribution in [0.15, 0.2) is 64.5 Å². The third-order valence-electron chi connectivity index (χ3n) is 8.22. The normalized spacial score (nSPS) is 21.1. The van der Waals surface area contributed by atoms with Crippen LogP contribution in [0.4, 0.5) is 0 Å². The monoisotopic (exact) mass is 520 g/mol. The van der Waals surface area contributed by atoms with E-state index < -0.39 is 8.32 Å². The van der Waals surface area contributed by atoms with Gasteiger partial charge in [-0.05, 0) is 59.4 Å². The van der Waals surface area contributed by atoms with Crippen LogP contribution in [-0.4, -0.2) is 44.0 Å². The largest absolute Gasteiger partial charge is 0.412 e. The van der Waals surface area contributed by atoms with Crippen molar-refractivity contribution in [3.8, 4) is 0 Å². The summed E-state index contributed by atoms with van der Waals surface area (Å²) in [5, 5.41) is 0.899. The van der Waals surface area contributed by atoms with E-state index in [4.69, 9.17) is 9.16 Å². The van der Waals surface area contributed by atoms with E-state index in [0.717, 1.165) is 42.2 Å². The first-order valence-corrected chi connectivity index (χ1v) is 16.5. The van der Waals surface area contributed by atoms with E-state index in [2.05, 4.69) is 80.2 Å². The van der Waals surface area contributed by atoms with E-state index in [0.29, 0.717) is 18.1 Å². The molecule has 3 aliphatic heterocycles. The molecular weight excluding hydrogens is 484 g/mol. The summed E-state index contributed by atoms with van der Waals surface area (Å²) in [6.07, 6.45) is 1.80. The van der Waals surface area contributed by atoms with Crippen LogP contribution in [0.2, 0.25) is 18.1 Å². The number of fused-ring (bicyclic) bond motifs is 2. The summed E-state index contributed by atoms with van der Waals surface area (Å²) in [5.74, 6) is -0.157. The number of carbonyl (C=O) groups excluding carboxylic acids is 1. The molecule has 3 aliphatic rings. The molecule has 1 amide bonds. The van der Waals surface area contributed by atoms with Crippen LogP contribution >= 0.6 is 11.8 Å². The molecule has 190 valence electrons. The number of likely N-dealkylation sites (tertiary alicyclic amines) is 1. The number of benzene rings is 2. The molecule has 1 saturated heterocycles. The van der Waals surface area contributed by atoms with Gasteiger partial charge in [-0.25, -0.2) is 0 Å². The second-order valence-electron chi connectivity index (χ2n) is 11.5. The van der Waals surface area contributed by atoms with Crippen LogP contribution in [0.1, 0.15) is 50.3 Å². The van der Waals surface area contributed by atoms with Gasteiger partial charge >= 0.3 is 0 Å². The molecule has 0 radical (unpaired) electrons. The molecular formula is C29H36N2O3SSi. The SMILES string of the molecule is CC(C)(C)[Si](C)(C)OC/C(=C1/SC(N2CCC3(CC2)OCc2ccccc23)=NC1=O)c1ccccc1. The molecule has 5 nitrogen and oxygen atoms in total. The van der Waals surface area contributed by atoms with Crippen LogP contribution in [-0.2, 0) is 26.2 Å². The third-order valence-corrected chi connectivity index (χ3v) is 13.9. The molecule has 5 rings (SSSR count). The zero-order chi connectivity index (χ0) is 25.6. The highest BCUT2D eigenvalue weighted by molar-refractivity contribution is 8.18. The Bertz CT molecular complexity index is 1210. The van der Waals surface area contributed by atoms with Crippen molar-refractivity contribution in [3.05, 3.63) is 76.2 Å². The Hall–Kier alpha value is -2.19. The number of aliphatic imine (C=N–C) groups is 1. The van der Waals surface area contributed by atoms with Gasteiger partial charge in [-0.3, -0.25) is 4.79 Å². The topological polar surface area (TPSA) is 51.1 Å². The van der Waals surface area contributed by atoms with Crippen molar-refractivity contribution in [1.82, 2.24) is 4.90 Å². The van der Waals surface area contributed by atoms with E-state index in [-0.39, 0.29) is 16.5 Å². The minimum atomic E-state index is -1.99. The highest BCUT2D eigenvalue weighted by atomic mass is 32.2. The van der Waals surface area contributed by atoms with E-state index in [1.165, 1.54) is 22.9 Å². The first kappa shape index (κ1) is 25.5. The Morgan fingerprint density at radius 1 is 1.08 bits per heavy atom. The lowest BCUT2D eigenvalue weighted by atomic mass is 9.84. The third kappa shape index (κ3) is 4.74. The van der Waals surface area contributed by atoms with Crippen molar-refractivity contribution in [2.24, 2.45) is 4.99 Å². The average molecular weight is 521 g/mol. The van der Waals surface area contributed by atoms with Crippen molar-refractivity contribution < 1.29 is 14.0 Å². The first-order chi connectivity index (χ1) is 17.1. The minimum Gasteiger partial charge on any atom is -0.412 e. The van der Waals surface area contributed by atoms with Gasteiger partial charge in [-0.1, -0.05) is 75.4 Å². The second-order valence-corrected chi connectivity index (χ2v) is 17.2. The second kappa shape index (κ2) is 9.60. The fourth-order valence-corrected chi connectivity index (χ4v) is 6.86. The highest BCUT2D eigenvalue weighted by Crippen LogP contribution is 2.45. The molecule has 1 fully saturated rings. The summed E-state index contributed by atoms with van der Waals surface area (Å²) < 4.78 is 12.9. The molecule has 0 aliphatic carbocycles. The summed E-state index contributed by atoms with van der Waals surface area (Å²) in [6.45, 7) is 14.0. The molecule has 7 heteroatoms. The van der Waals surface area contributed by atoms with Crippen molar-refractivity contribution in [1.29, 1.82) is 0 Å². The lowest BCUT2D eigenvalue weighted by Crippen LogP contribution is -2.44. The van der Waals surface area contributed by atoms with Gasteiger partial charge in [0.2, 0.25) is 0 Å². The molecule has 0 unspecified atom stereocenters. The van der Waals surface area contributed by atoms with E-state index >= 15 is 0 Å². The van der Waals surface area contributed by atoms with E-state index in [9.17, 15) is 4.79 Å². The van der Waals surface area contributed by atoms with Gasteiger partial charge in [-0.2, -0.15) is 4.99 Å². The van der Waals surface area contributed by atoms with Crippen LogP contribution in [0.25, 0.3) is 5.57 Å². The first-order valence-electron chi connectivity index (χ1n) is 12.8. The van der Waals surface area contributed by atoms with Gasteiger partial charge in [0.1, 0.15) is 0 Å². The Balaban J connectivity index is 1.35. The summed E-state index contributed by atoms with van der Waals surface area (Å²) >= 11 is 1.50. The molecule has 0 aromatic heterocycles. The fraction of sp³-hybridized carbons (Fsp3) is 0.448. The maximum Gasteiger partial charge on any atom is 0.286 e. The maximum atomic E-state index is 13.2. The van der Waals surface area contributed by atoms with Crippen LogP contribution in [0.5, 0.6) is 0 Å². The Morgan fingerprint density at radius 2 is 1.75 bits per heavy atom. The molecule has 0 N–H and O–H groups in total. The van der Waals surface area contributed by atoms with Gasteiger partial charge in [0.15, 0.2) is 13.5 Å². The zero-order valence-electron chi connectivity index (χ0n) is 22.0. The summed E-state index contributed by atoms with van der Waals surface area (Å²) in [7, 11) is -1.99. The van der Waals surface area contributed by atoms with Crippen molar-refractivity contribution in [2.45, 2.75) is 64.0 Å². The predicted octanol–water partition coefficient (Wildman–Crippen LogP) is 6.57. The Kier molecular flexibility index (Phi) is 6.79. The van der Waals surface area contributed by atoms with Crippen LogP contribution in [0, 0.1) is 0 Å². The maximum absolute atomic E-state index is 13.2. The number of piperidine rings is 1. The number of amidine groups is 1. The van der Waals surface area contributed by atoms with Crippen molar-refractivity contribution >= 4 is 36.7 Å². The van der Waals surface area contributed by atoms with Gasteiger partial charge in [0.25, 0.3) is 5.91 Å². The number of rotatable bonds is 4. The molecule has 0 bridgehead atoms. The van der Waals surface area contributed by atoms with Gasteiger partial charge in [0, 0.05) is 18.7 Å². The molecule has 2 aromatic carbocycles. The van der Waals surface area contributed by atoms with E-state index in [1.54, 1.807) is 0 Å². The van der Waals surface area contributed by atoms with Gasteiger partial charge in [-0.15, -0.1) is 0 Å². The molecule has 0 atom stereocenters. The number of thioether (sulfide) groups is 1. The fourth-order valence-electron chi connectivity index (χ4n) is 4.87. The molecule has 2 aromatic rings. The standard InChI is InChI=1S/C29H36N2O3SSi/c1-28(2,3)36(4,5)34-20-23(21-11-7-6-8-12-21)25-26(32)30-27(35-25)31-17-15-29(16-18-31)24-14-10-9-13-22(24)19-33-29/h6-14H,15-20H2,1-5H3/b25-23-. The lowest BCUT2D eigenvalue weighted by Gasteiger charge is -2.39. The minimum absolute atomic E-state index is 0.0959. The van der Waals surface area contributed by atoms with Crippen LogP contribution < -0.4 is 0 Å². The number of nitrogens with zero attached hydrogens (tertiary/aromatic N) is 2. The molecule has 0 saturated carbocycles. The number of ether oxygens (including phenoxy) is 1. The van der Waals surface area contributed by atoms with Gasteiger partial charge < -0.3 is 14.1 Å². The quantitative estimate of drug-likeness (QED) is 0.337. The smallest absolute Gasteiger partial charge is 0.286 e. The number of hydrogen-bond acceptors (Lipinski definition) is 5.